The number of nitrogens with zero attached hydrogens (tertiary/aromatic N) is 1. The van der Waals surface area contributed by atoms with Crippen molar-refractivity contribution in [1.82, 2.24) is 4.90 Å². The molecule has 3 atom stereocenters. The first kappa shape index (κ1) is 51.7. The Balaban J connectivity index is -0.000000672. The lowest BCUT2D eigenvalue weighted by atomic mass is 9.88. The summed E-state index contributed by atoms with van der Waals surface area (Å²) in [7, 11) is 0. The minimum Gasteiger partial charge on any atom is -0.395 e. The molecule has 0 heterocycles. The van der Waals surface area contributed by atoms with Gasteiger partial charge in [-0.25, -0.2) is 0 Å². The third-order valence-electron chi connectivity index (χ3n) is 6.36. The number of rotatable bonds is 31. The van der Waals surface area contributed by atoms with E-state index in [1.54, 1.807) is 25.7 Å². The van der Waals surface area contributed by atoms with Gasteiger partial charge in [0.25, 0.3) is 0 Å². The summed E-state index contributed by atoms with van der Waals surface area (Å²) < 4.78 is 32.4. The molecule has 0 aliphatic heterocycles. The molecule has 0 saturated carbocycles. The largest absolute Gasteiger partial charge is 0.395 e. The van der Waals surface area contributed by atoms with Crippen molar-refractivity contribution in [2.24, 2.45) is 10.8 Å². The molecule has 0 fully saturated rings. The van der Waals surface area contributed by atoms with Gasteiger partial charge in [-0.15, -0.1) is 0 Å². The van der Waals surface area contributed by atoms with Crippen LogP contribution in [0.3, 0.4) is 0 Å². The van der Waals surface area contributed by atoms with Crippen LogP contribution in [-0.4, -0.2) is 208 Å². The van der Waals surface area contributed by atoms with Gasteiger partial charge in [-0.3, -0.25) is 4.90 Å². The molecule has 0 radical (unpaired) electrons. The van der Waals surface area contributed by atoms with Crippen molar-refractivity contribution in [3.05, 3.63) is 0 Å². The van der Waals surface area contributed by atoms with Gasteiger partial charge in [0.1, 0.15) is 0 Å². The minimum absolute atomic E-state index is 0.0227. The van der Waals surface area contributed by atoms with E-state index in [4.69, 9.17) is 59.1 Å². The number of aliphatic hydroxyl groups is 9. The van der Waals surface area contributed by atoms with E-state index in [-0.39, 0.29) is 90.1 Å². The predicted molar refractivity (Wildman–Crippen MR) is 180 cm³/mol. The van der Waals surface area contributed by atoms with Gasteiger partial charge in [0.05, 0.1) is 137 Å². The van der Waals surface area contributed by atoms with Gasteiger partial charge in [-0.05, 0) is 27.2 Å². The van der Waals surface area contributed by atoms with Crippen LogP contribution in [0.5, 0.6) is 0 Å². The van der Waals surface area contributed by atoms with Gasteiger partial charge in [-0.1, -0.05) is 13.8 Å². The van der Waals surface area contributed by atoms with E-state index in [9.17, 15) is 15.3 Å². The molecule has 0 aromatic rings. The first-order valence-corrected chi connectivity index (χ1v) is 16.7. The lowest BCUT2D eigenvalue weighted by molar-refractivity contribution is -0.0968. The van der Waals surface area contributed by atoms with E-state index >= 15 is 0 Å². The lowest BCUT2D eigenvalue weighted by Gasteiger charge is -2.32. The Kier molecular flexibility index (Phi) is 39.0. The normalized spacial score (nSPS) is 14.8. The Morgan fingerprint density at radius 2 is 0.771 bits per heavy atom. The van der Waals surface area contributed by atoms with Crippen LogP contribution in [0.4, 0.5) is 0 Å². The Hall–Kier alpha value is -0.640. The maximum atomic E-state index is 9.27. The van der Waals surface area contributed by atoms with Gasteiger partial charge in [0, 0.05) is 30.5 Å². The molecule has 0 amide bonds. The SMILES string of the molecule is CC(COCCO)(COCCO)COCCO.CCC(COCC(C)O)(COCC(C)O)COCC(C)O.OCCN(CCO)CCO. The number of hydrogen-bond donors (Lipinski definition) is 9. The van der Waals surface area contributed by atoms with Crippen molar-refractivity contribution in [2.45, 2.75) is 59.4 Å². The molecule has 16 nitrogen and oxygen atoms in total. The summed E-state index contributed by atoms with van der Waals surface area (Å²) in [4.78, 5) is 1.79. The highest BCUT2D eigenvalue weighted by atomic mass is 16.5. The van der Waals surface area contributed by atoms with Crippen LogP contribution in [0.2, 0.25) is 0 Å². The van der Waals surface area contributed by atoms with Gasteiger partial charge in [-0.2, -0.15) is 0 Å². The monoisotopic (exact) mass is 709 g/mol. The van der Waals surface area contributed by atoms with Crippen LogP contribution in [0, 0.1) is 10.8 Å². The topological polar surface area (TPSA) is 241 Å². The fraction of sp³-hybridized carbons (Fsp3) is 1.00. The van der Waals surface area contributed by atoms with Crippen LogP contribution < -0.4 is 0 Å². The Morgan fingerprint density at radius 1 is 0.479 bits per heavy atom. The van der Waals surface area contributed by atoms with Gasteiger partial charge in [0.2, 0.25) is 0 Å². The number of aliphatic hydroxyl groups excluding tert-OH is 9. The smallest absolute Gasteiger partial charge is 0.0745 e. The summed E-state index contributed by atoms with van der Waals surface area (Å²) in [6, 6.07) is 0. The van der Waals surface area contributed by atoms with Crippen LogP contribution >= 0.6 is 0 Å². The Morgan fingerprint density at radius 3 is 0.979 bits per heavy atom. The highest BCUT2D eigenvalue weighted by Gasteiger charge is 2.30. The Bertz CT molecular complexity index is 555. The molecular formula is C32H71NO15. The van der Waals surface area contributed by atoms with E-state index in [2.05, 4.69) is 0 Å². The van der Waals surface area contributed by atoms with Gasteiger partial charge in [0.15, 0.2) is 0 Å². The Labute approximate surface area is 288 Å². The van der Waals surface area contributed by atoms with E-state index < -0.39 is 18.3 Å². The zero-order valence-electron chi connectivity index (χ0n) is 30.2. The highest BCUT2D eigenvalue weighted by molar-refractivity contribution is 4.78. The summed E-state index contributed by atoms with van der Waals surface area (Å²) in [6.07, 6.45) is -0.782. The molecule has 0 rings (SSSR count). The minimum atomic E-state index is -0.517. The quantitative estimate of drug-likeness (QED) is 0.0349. The average Bonchev–Trinajstić information content (AvgIpc) is 3.02. The molecule has 16 heteroatoms. The third-order valence-corrected chi connectivity index (χ3v) is 6.36. The van der Waals surface area contributed by atoms with Crippen molar-refractivity contribution < 1.29 is 74.4 Å². The zero-order valence-corrected chi connectivity index (χ0v) is 30.2. The molecule has 0 aromatic carbocycles. The van der Waals surface area contributed by atoms with Crippen LogP contribution in [0.1, 0.15) is 41.0 Å². The van der Waals surface area contributed by atoms with Gasteiger partial charge < -0.3 is 74.4 Å². The molecule has 294 valence electrons. The number of ether oxygens (including phenoxy) is 6. The van der Waals surface area contributed by atoms with Crippen molar-refractivity contribution in [3.8, 4) is 0 Å². The molecule has 0 aliphatic rings. The molecule has 0 saturated heterocycles. The maximum Gasteiger partial charge on any atom is 0.0745 e. The maximum absolute atomic E-state index is 9.27. The molecular weight excluding hydrogens is 638 g/mol. The molecule has 0 spiro atoms. The standard InChI is InChI=1S/C15H32O6.C11H24O6.C6H15NO3/c1-5-15(9-19-6-12(2)16,10-20-7-13(3)17)11-21-8-14(4)18;1-11(8-15-5-2-12,9-16-6-3-13)10-17-7-4-14;8-4-1-7(2-5-9)3-6-10/h12-14,16-18H,5-11H2,1-4H3;12-14H,2-10H2,1H3;8-10H,1-6H2. The molecule has 3 unspecified atom stereocenters. The second-order valence-electron chi connectivity index (χ2n) is 12.1. The summed E-state index contributed by atoms with van der Waals surface area (Å²) >= 11 is 0. The molecule has 0 aliphatic carbocycles. The zero-order chi connectivity index (χ0) is 37.1. The van der Waals surface area contributed by atoms with E-state index in [1.807, 2.05) is 13.8 Å². The van der Waals surface area contributed by atoms with E-state index in [0.717, 1.165) is 6.42 Å². The molecule has 0 bridgehead atoms. The van der Waals surface area contributed by atoms with Crippen molar-refractivity contribution >= 4 is 0 Å². The summed E-state index contributed by atoms with van der Waals surface area (Å²) in [6.45, 7) is 14.6. The first-order valence-electron chi connectivity index (χ1n) is 16.7. The number of hydrogen-bond acceptors (Lipinski definition) is 16. The third kappa shape index (κ3) is 35.2. The van der Waals surface area contributed by atoms with Crippen molar-refractivity contribution in [2.75, 3.05) is 139 Å². The lowest BCUT2D eigenvalue weighted by Crippen LogP contribution is -2.39. The fourth-order valence-electron chi connectivity index (χ4n) is 3.80. The van der Waals surface area contributed by atoms with E-state index in [1.165, 1.54) is 0 Å². The molecule has 48 heavy (non-hydrogen) atoms. The fourth-order valence-corrected chi connectivity index (χ4v) is 3.80. The second-order valence-corrected chi connectivity index (χ2v) is 12.1. The highest BCUT2D eigenvalue weighted by Crippen LogP contribution is 2.24. The van der Waals surface area contributed by atoms with Crippen molar-refractivity contribution in [1.29, 1.82) is 0 Å². The average molecular weight is 710 g/mol. The summed E-state index contributed by atoms with van der Waals surface area (Å²) in [5.41, 5.74) is -0.696. The van der Waals surface area contributed by atoms with E-state index in [0.29, 0.717) is 59.3 Å². The van der Waals surface area contributed by atoms with Crippen LogP contribution in [-0.2, 0) is 28.4 Å². The predicted octanol–water partition coefficient (Wildman–Crippen LogP) is -2.14. The molecule has 0 aromatic heterocycles. The molecule has 9 N–H and O–H groups in total. The second kappa shape index (κ2) is 36.2. The van der Waals surface area contributed by atoms with Crippen molar-refractivity contribution in [3.63, 3.8) is 0 Å². The first-order chi connectivity index (χ1) is 22.8. The van der Waals surface area contributed by atoms with Crippen LogP contribution in [0.15, 0.2) is 0 Å². The van der Waals surface area contributed by atoms with Gasteiger partial charge >= 0.3 is 0 Å². The summed E-state index contributed by atoms with van der Waals surface area (Å²) in [5.74, 6) is 0. The van der Waals surface area contributed by atoms with Crippen LogP contribution in [0.25, 0.3) is 0 Å². The summed E-state index contributed by atoms with van der Waals surface area (Å²) in [5, 5.41) is 79.2.